The summed E-state index contributed by atoms with van der Waals surface area (Å²) >= 11 is 0. The zero-order valence-electron chi connectivity index (χ0n) is 7.07. The van der Waals surface area contributed by atoms with Crippen LogP contribution in [0.4, 0.5) is 22.0 Å². The predicted molar refractivity (Wildman–Crippen MR) is 48.2 cm³/mol. The van der Waals surface area contributed by atoms with Crippen molar-refractivity contribution in [3.05, 3.63) is 35.2 Å². The fraction of sp³-hybridized carbons (Fsp3) is 0. The fourth-order valence-electron chi connectivity index (χ4n) is 0.544. The molecular weight excluding hydrogens is 242 g/mol. The minimum absolute atomic E-state index is 0. The predicted octanol–water partition coefficient (Wildman–Crippen LogP) is 0.732. The van der Waals surface area contributed by atoms with Gasteiger partial charge in [0.15, 0.2) is 23.3 Å². The Kier molecular flexibility index (Phi) is 8.30. The summed E-state index contributed by atoms with van der Waals surface area (Å²) in [6.07, 6.45) is 0. The van der Waals surface area contributed by atoms with E-state index in [1.807, 2.05) is 0 Å². The number of halogens is 5. The molecule has 0 aliphatic heterocycles. The van der Waals surface area contributed by atoms with Crippen molar-refractivity contribution in [2.75, 3.05) is 0 Å². The van der Waals surface area contributed by atoms with Gasteiger partial charge in [-0.25, -0.2) is 22.0 Å². The summed E-state index contributed by atoms with van der Waals surface area (Å²) in [5.74, 6) is -9.65. The van der Waals surface area contributed by atoms with Crippen LogP contribution in [0.15, 0.2) is 6.07 Å². The third-order valence-electron chi connectivity index (χ3n) is 1.06. The van der Waals surface area contributed by atoms with Crippen LogP contribution in [0.1, 0.15) is 0 Å². The molecule has 2 nitrogen and oxygen atoms in total. The van der Waals surface area contributed by atoms with Gasteiger partial charge in [0, 0.05) is 6.07 Å². The Morgan fingerprint density at radius 2 is 1.07 bits per heavy atom. The summed E-state index contributed by atoms with van der Waals surface area (Å²) in [5, 5.41) is 14.2. The van der Waals surface area contributed by atoms with Crippen LogP contribution in [0.25, 0.3) is 0 Å². The Hall–Kier alpha value is -0.795. The minimum Gasteiger partial charge on any atom is -0.430 e. The molecule has 0 saturated carbocycles. The van der Waals surface area contributed by atoms with Gasteiger partial charge in [-0.05, 0) is 0 Å². The summed E-state index contributed by atoms with van der Waals surface area (Å²) in [7, 11) is -0.750. The molecule has 0 aliphatic carbocycles. The number of hydrogen-bond acceptors (Lipinski definition) is 2. The molecule has 0 heterocycles. The van der Waals surface area contributed by atoms with E-state index in [1.54, 1.807) is 0 Å². The molecule has 1 aromatic rings. The SMILES string of the molecule is Fc1cc(F)c(F)c(F)c1F.OBO.S. The quantitative estimate of drug-likeness (QED) is 0.307. The van der Waals surface area contributed by atoms with Crippen LogP contribution in [-0.2, 0) is 0 Å². The van der Waals surface area contributed by atoms with Gasteiger partial charge >= 0.3 is 7.69 Å². The highest BCUT2D eigenvalue weighted by atomic mass is 32.1. The van der Waals surface area contributed by atoms with Gasteiger partial charge in [0.2, 0.25) is 5.82 Å². The summed E-state index contributed by atoms with van der Waals surface area (Å²) < 4.78 is 60.0. The average molecular weight is 248 g/mol. The first kappa shape index (κ1) is 16.6. The maximum absolute atomic E-state index is 12.0. The lowest BCUT2D eigenvalue weighted by atomic mass is 10.3. The highest BCUT2D eigenvalue weighted by Crippen LogP contribution is 2.16. The second-order valence-electron chi connectivity index (χ2n) is 1.92. The van der Waals surface area contributed by atoms with Crippen molar-refractivity contribution in [3.63, 3.8) is 0 Å². The van der Waals surface area contributed by atoms with E-state index in [9.17, 15) is 22.0 Å². The molecule has 0 atom stereocenters. The zero-order valence-corrected chi connectivity index (χ0v) is 8.07. The van der Waals surface area contributed by atoms with E-state index in [1.165, 1.54) is 0 Å². The molecule has 0 spiro atoms. The van der Waals surface area contributed by atoms with Gasteiger partial charge in [-0.1, -0.05) is 0 Å². The van der Waals surface area contributed by atoms with Crippen molar-refractivity contribution in [2.24, 2.45) is 0 Å². The third-order valence-corrected chi connectivity index (χ3v) is 1.06. The van der Waals surface area contributed by atoms with Crippen molar-refractivity contribution in [1.29, 1.82) is 0 Å². The first-order chi connectivity index (χ1) is 6.45. The van der Waals surface area contributed by atoms with E-state index < -0.39 is 36.8 Å². The molecule has 0 unspecified atom stereocenters. The van der Waals surface area contributed by atoms with E-state index in [-0.39, 0.29) is 19.6 Å². The Morgan fingerprint density at radius 1 is 0.800 bits per heavy atom. The molecule has 0 fully saturated rings. The molecular formula is C6H6BF5O2S. The second-order valence-corrected chi connectivity index (χ2v) is 1.92. The first-order valence-electron chi connectivity index (χ1n) is 3.15. The van der Waals surface area contributed by atoms with Crippen molar-refractivity contribution in [1.82, 2.24) is 0 Å². The standard InChI is InChI=1S/C6HF5.BH3O2.H2S/c7-2-1-3(8)5(10)6(11)4(2)9;2-1-3;/h1H;1-3H;1H2. The zero-order chi connectivity index (χ0) is 11.3. The molecule has 9 heteroatoms. The van der Waals surface area contributed by atoms with Crippen molar-refractivity contribution < 1.29 is 32.0 Å². The summed E-state index contributed by atoms with van der Waals surface area (Å²) in [6, 6.07) is -0.0618. The Labute approximate surface area is 89.1 Å². The molecule has 0 aliphatic rings. The minimum atomic E-state index is -2.14. The van der Waals surface area contributed by atoms with Gasteiger partial charge in [-0.15, -0.1) is 0 Å². The van der Waals surface area contributed by atoms with Crippen LogP contribution in [-0.4, -0.2) is 17.7 Å². The van der Waals surface area contributed by atoms with Crippen molar-refractivity contribution in [3.8, 4) is 0 Å². The van der Waals surface area contributed by atoms with Gasteiger partial charge in [0.1, 0.15) is 0 Å². The largest absolute Gasteiger partial charge is 0.432 e. The van der Waals surface area contributed by atoms with E-state index >= 15 is 0 Å². The Balaban J connectivity index is 0. The summed E-state index contributed by atoms with van der Waals surface area (Å²) in [5.41, 5.74) is 0. The lowest BCUT2D eigenvalue weighted by Crippen LogP contribution is -1.98. The van der Waals surface area contributed by atoms with Crippen molar-refractivity contribution >= 4 is 21.2 Å². The van der Waals surface area contributed by atoms with Crippen molar-refractivity contribution in [2.45, 2.75) is 0 Å². The summed E-state index contributed by atoms with van der Waals surface area (Å²) in [4.78, 5) is 0. The average Bonchev–Trinajstić information content (AvgIpc) is 2.13. The number of hydrogen-bond donors (Lipinski definition) is 2. The van der Waals surface area contributed by atoms with Crippen LogP contribution in [0.5, 0.6) is 0 Å². The van der Waals surface area contributed by atoms with E-state index in [2.05, 4.69) is 0 Å². The smallest absolute Gasteiger partial charge is 0.430 e. The number of benzene rings is 1. The molecule has 1 rings (SSSR count). The Morgan fingerprint density at radius 3 is 1.33 bits per heavy atom. The molecule has 0 saturated heterocycles. The monoisotopic (exact) mass is 248 g/mol. The normalized spacial score (nSPS) is 8.47. The van der Waals surface area contributed by atoms with Crippen LogP contribution in [0, 0.1) is 29.1 Å². The topological polar surface area (TPSA) is 40.5 Å². The molecule has 0 amide bonds. The van der Waals surface area contributed by atoms with Crippen LogP contribution < -0.4 is 0 Å². The first-order valence-corrected chi connectivity index (χ1v) is 3.15. The van der Waals surface area contributed by atoms with E-state index in [0.717, 1.165) is 0 Å². The fourth-order valence-corrected chi connectivity index (χ4v) is 0.544. The van der Waals surface area contributed by atoms with Crippen LogP contribution in [0.3, 0.4) is 0 Å². The molecule has 1 aromatic carbocycles. The molecule has 2 N–H and O–H groups in total. The highest BCUT2D eigenvalue weighted by Gasteiger charge is 2.18. The van der Waals surface area contributed by atoms with Gasteiger partial charge in [0.25, 0.3) is 0 Å². The van der Waals surface area contributed by atoms with E-state index in [4.69, 9.17) is 10.0 Å². The molecule has 86 valence electrons. The molecule has 0 aromatic heterocycles. The lowest BCUT2D eigenvalue weighted by Gasteiger charge is -1.96. The van der Waals surface area contributed by atoms with Gasteiger partial charge in [-0.2, -0.15) is 13.5 Å². The van der Waals surface area contributed by atoms with Gasteiger partial charge in [0.05, 0.1) is 0 Å². The maximum Gasteiger partial charge on any atom is 0.432 e. The maximum atomic E-state index is 12.0. The second kappa shape index (κ2) is 7.49. The van der Waals surface area contributed by atoms with Gasteiger partial charge < -0.3 is 10.0 Å². The number of rotatable bonds is 0. The van der Waals surface area contributed by atoms with Crippen LogP contribution in [0.2, 0.25) is 0 Å². The molecule has 0 bridgehead atoms. The lowest BCUT2D eigenvalue weighted by molar-refractivity contribution is 0.378. The van der Waals surface area contributed by atoms with Gasteiger partial charge in [-0.3, -0.25) is 0 Å². The molecule has 0 radical (unpaired) electrons. The Bertz CT molecular complexity index is 299. The summed E-state index contributed by atoms with van der Waals surface area (Å²) in [6.45, 7) is 0. The third kappa shape index (κ3) is 4.49. The van der Waals surface area contributed by atoms with E-state index in [0.29, 0.717) is 0 Å². The van der Waals surface area contributed by atoms with Crippen LogP contribution >= 0.6 is 13.5 Å². The highest BCUT2D eigenvalue weighted by molar-refractivity contribution is 7.59. The molecule has 15 heavy (non-hydrogen) atoms.